The van der Waals surface area contributed by atoms with Crippen LogP contribution in [0.2, 0.25) is 5.02 Å². The first-order valence-electron chi connectivity index (χ1n) is 10.1. The number of ether oxygens (including phenoxy) is 3. The van der Waals surface area contributed by atoms with Crippen LogP contribution in [0.25, 0.3) is 6.08 Å². The number of carbonyl (C=O) groups is 3. The van der Waals surface area contributed by atoms with Crippen LogP contribution in [0.1, 0.15) is 25.0 Å². The number of amides is 2. The lowest BCUT2D eigenvalue weighted by Gasteiger charge is -2.13. The summed E-state index contributed by atoms with van der Waals surface area (Å²) in [7, 11) is 0. The first-order valence-corrected chi connectivity index (χ1v) is 11.3. The van der Waals surface area contributed by atoms with Crippen LogP contribution >= 0.6 is 23.4 Å². The van der Waals surface area contributed by atoms with Gasteiger partial charge in [0.2, 0.25) is 0 Å². The molecular formula is C23H21ClFNO6S. The van der Waals surface area contributed by atoms with Crippen LogP contribution in [0.3, 0.4) is 0 Å². The van der Waals surface area contributed by atoms with Crippen molar-refractivity contribution in [2.45, 2.75) is 20.4 Å². The summed E-state index contributed by atoms with van der Waals surface area (Å²) in [4.78, 5) is 38.0. The molecule has 0 spiro atoms. The predicted octanol–water partition coefficient (Wildman–Crippen LogP) is 5.06. The molecule has 2 amide bonds. The van der Waals surface area contributed by atoms with Gasteiger partial charge >= 0.3 is 5.97 Å². The average Bonchev–Trinajstić information content (AvgIpc) is 3.02. The third-order valence-electron chi connectivity index (χ3n) is 4.43. The average molecular weight is 494 g/mol. The molecule has 0 saturated carbocycles. The van der Waals surface area contributed by atoms with Crippen LogP contribution in [0, 0.1) is 5.82 Å². The SMILES string of the molecule is CCOC(=O)COc1ccc(/C=C2\SC(=O)N(Cc3ccc(F)cc3Cl)C2=O)cc1OCC. The van der Waals surface area contributed by atoms with Crippen LogP contribution in [0.4, 0.5) is 9.18 Å². The Morgan fingerprint density at radius 1 is 1.09 bits per heavy atom. The molecule has 1 fully saturated rings. The van der Waals surface area contributed by atoms with E-state index in [4.69, 9.17) is 25.8 Å². The molecule has 2 aromatic carbocycles. The molecule has 0 unspecified atom stereocenters. The number of hydrogen-bond donors (Lipinski definition) is 0. The number of carbonyl (C=O) groups excluding carboxylic acids is 3. The minimum absolute atomic E-state index is 0.0635. The Hall–Kier alpha value is -3.04. The summed E-state index contributed by atoms with van der Waals surface area (Å²) in [6.07, 6.45) is 1.56. The fourth-order valence-corrected chi connectivity index (χ4v) is 4.01. The Balaban J connectivity index is 1.77. The van der Waals surface area contributed by atoms with E-state index < -0.39 is 22.9 Å². The highest BCUT2D eigenvalue weighted by Crippen LogP contribution is 2.36. The van der Waals surface area contributed by atoms with Gasteiger partial charge in [0.05, 0.1) is 24.7 Å². The van der Waals surface area contributed by atoms with Gasteiger partial charge in [-0.05, 0) is 67.1 Å². The van der Waals surface area contributed by atoms with Gasteiger partial charge in [0, 0.05) is 5.02 Å². The molecule has 7 nitrogen and oxygen atoms in total. The summed E-state index contributed by atoms with van der Waals surface area (Å²) in [5.74, 6) is -0.753. The predicted molar refractivity (Wildman–Crippen MR) is 123 cm³/mol. The van der Waals surface area contributed by atoms with E-state index in [1.807, 2.05) is 0 Å². The molecular weight excluding hydrogens is 473 g/mol. The molecule has 0 bridgehead atoms. The molecule has 0 atom stereocenters. The molecule has 0 aliphatic carbocycles. The van der Waals surface area contributed by atoms with Crippen LogP contribution in [0.5, 0.6) is 11.5 Å². The minimum atomic E-state index is -0.502. The van der Waals surface area contributed by atoms with Crippen molar-refractivity contribution in [3.8, 4) is 11.5 Å². The van der Waals surface area contributed by atoms with Gasteiger partial charge in [0.25, 0.3) is 11.1 Å². The molecule has 0 aromatic heterocycles. The van der Waals surface area contributed by atoms with Gasteiger partial charge in [0.1, 0.15) is 5.82 Å². The number of imide groups is 1. The van der Waals surface area contributed by atoms with E-state index in [1.54, 1.807) is 38.1 Å². The van der Waals surface area contributed by atoms with Gasteiger partial charge in [-0.15, -0.1) is 0 Å². The van der Waals surface area contributed by atoms with E-state index in [9.17, 15) is 18.8 Å². The lowest BCUT2D eigenvalue weighted by Crippen LogP contribution is -2.27. The fraction of sp³-hybridized carbons (Fsp3) is 0.261. The zero-order chi connectivity index (χ0) is 24.0. The second kappa shape index (κ2) is 11.2. The van der Waals surface area contributed by atoms with E-state index in [1.165, 1.54) is 12.1 Å². The van der Waals surface area contributed by atoms with Crippen molar-refractivity contribution in [1.29, 1.82) is 0 Å². The molecule has 1 saturated heterocycles. The molecule has 10 heteroatoms. The molecule has 1 heterocycles. The highest BCUT2D eigenvalue weighted by atomic mass is 35.5. The zero-order valence-electron chi connectivity index (χ0n) is 17.9. The quantitative estimate of drug-likeness (QED) is 0.357. The van der Waals surface area contributed by atoms with Crippen LogP contribution < -0.4 is 9.47 Å². The van der Waals surface area contributed by atoms with Gasteiger partial charge in [-0.3, -0.25) is 14.5 Å². The second-order valence-electron chi connectivity index (χ2n) is 6.74. The summed E-state index contributed by atoms with van der Waals surface area (Å²) in [6.45, 7) is 3.78. The third kappa shape index (κ3) is 6.27. The summed E-state index contributed by atoms with van der Waals surface area (Å²) in [5.41, 5.74) is 1.07. The Morgan fingerprint density at radius 3 is 2.58 bits per heavy atom. The number of thioether (sulfide) groups is 1. The molecule has 3 rings (SSSR count). The Kier molecular flexibility index (Phi) is 8.35. The maximum absolute atomic E-state index is 13.3. The fourth-order valence-electron chi connectivity index (χ4n) is 2.95. The molecule has 0 radical (unpaired) electrons. The topological polar surface area (TPSA) is 82.1 Å². The normalized spacial score (nSPS) is 14.7. The van der Waals surface area contributed by atoms with E-state index in [0.29, 0.717) is 29.2 Å². The third-order valence-corrected chi connectivity index (χ3v) is 5.69. The highest BCUT2D eigenvalue weighted by Gasteiger charge is 2.35. The van der Waals surface area contributed by atoms with Gasteiger partial charge in [-0.25, -0.2) is 9.18 Å². The van der Waals surface area contributed by atoms with Crippen molar-refractivity contribution in [2.24, 2.45) is 0 Å². The summed E-state index contributed by atoms with van der Waals surface area (Å²) < 4.78 is 29.2. The lowest BCUT2D eigenvalue weighted by molar-refractivity contribution is -0.145. The van der Waals surface area contributed by atoms with Crippen LogP contribution in [-0.4, -0.2) is 41.8 Å². The number of benzene rings is 2. The molecule has 1 aliphatic rings. The van der Waals surface area contributed by atoms with Crippen molar-refractivity contribution in [3.63, 3.8) is 0 Å². The molecule has 174 valence electrons. The Morgan fingerprint density at radius 2 is 1.88 bits per heavy atom. The van der Waals surface area contributed by atoms with Crippen molar-refractivity contribution in [3.05, 3.63) is 63.3 Å². The zero-order valence-corrected chi connectivity index (χ0v) is 19.5. The largest absolute Gasteiger partial charge is 0.490 e. The molecule has 0 N–H and O–H groups in total. The second-order valence-corrected chi connectivity index (χ2v) is 8.14. The number of hydrogen-bond acceptors (Lipinski definition) is 7. The molecule has 2 aromatic rings. The first-order chi connectivity index (χ1) is 15.8. The van der Waals surface area contributed by atoms with E-state index in [-0.39, 0.29) is 29.7 Å². The van der Waals surface area contributed by atoms with Gasteiger partial charge in [-0.1, -0.05) is 23.7 Å². The monoisotopic (exact) mass is 493 g/mol. The van der Waals surface area contributed by atoms with Crippen molar-refractivity contribution < 1.29 is 33.0 Å². The molecule has 33 heavy (non-hydrogen) atoms. The van der Waals surface area contributed by atoms with E-state index >= 15 is 0 Å². The summed E-state index contributed by atoms with van der Waals surface area (Å²) in [6, 6.07) is 8.72. The van der Waals surface area contributed by atoms with Crippen LogP contribution in [0.15, 0.2) is 41.3 Å². The van der Waals surface area contributed by atoms with Crippen molar-refractivity contribution in [2.75, 3.05) is 19.8 Å². The smallest absolute Gasteiger partial charge is 0.344 e. The van der Waals surface area contributed by atoms with E-state index in [2.05, 4.69) is 0 Å². The molecule has 1 aliphatic heterocycles. The number of esters is 1. The number of halogens is 2. The van der Waals surface area contributed by atoms with Crippen molar-refractivity contribution >= 4 is 46.6 Å². The maximum atomic E-state index is 13.3. The Bertz CT molecular complexity index is 1110. The van der Waals surface area contributed by atoms with Gasteiger partial charge < -0.3 is 14.2 Å². The standard InChI is InChI=1S/C23H21ClFNO6S/c1-3-30-19-9-14(5-8-18(19)32-13-21(27)31-4-2)10-20-22(28)26(23(29)33-20)12-15-6-7-16(25)11-17(15)24/h5-11H,3-4,12-13H2,1-2H3/b20-10-. The summed E-state index contributed by atoms with van der Waals surface area (Å²) >= 11 is 6.82. The summed E-state index contributed by atoms with van der Waals surface area (Å²) in [5, 5.41) is -0.316. The lowest BCUT2D eigenvalue weighted by atomic mass is 10.1. The van der Waals surface area contributed by atoms with Crippen LogP contribution in [-0.2, 0) is 20.9 Å². The first kappa shape index (κ1) is 24.6. The van der Waals surface area contributed by atoms with Gasteiger partial charge in [0.15, 0.2) is 18.1 Å². The van der Waals surface area contributed by atoms with Gasteiger partial charge in [-0.2, -0.15) is 0 Å². The maximum Gasteiger partial charge on any atom is 0.344 e. The number of nitrogens with zero attached hydrogens (tertiary/aromatic N) is 1. The Labute approximate surface area is 199 Å². The highest BCUT2D eigenvalue weighted by molar-refractivity contribution is 8.18. The van der Waals surface area contributed by atoms with E-state index in [0.717, 1.165) is 22.7 Å². The minimum Gasteiger partial charge on any atom is -0.490 e. The number of rotatable bonds is 9. The van der Waals surface area contributed by atoms with Crippen molar-refractivity contribution in [1.82, 2.24) is 4.90 Å².